The van der Waals surface area contributed by atoms with E-state index in [2.05, 4.69) is 9.88 Å². The van der Waals surface area contributed by atoms with Crippen molar-refractivity contribution in [3.8, 4) is 5.75 Å². The number of fused-ring (bicyclic) bond motifs is 1. The first kappa shape index (κ1) is 12.2. The van der Waals surface area contributed by atoms with Crippen LogP contribution in [0.4, 0.5) is 5.69 Å². The molecule has 2 aromatic rings. The molecule has 1 aliphatic rings. The van der Waals surface area contributed by atoms with Crippen molar-refractivity contribution in [2.45, 2.75) is 12.8 Å². The number of aromatic nitrogens is 1. The van der Waals surface area contributed by atoms with Crippen LogP contribution in [0.3, 0.4) is 0 Å². The van der Waals surface area contributed by atoms with Crippen molar-refractivity contribution >= 4 is 16.6 Å². The van der Waals surface area contributed by atoms with Gasteiger partial charge in [0.15, 0.2) is 0 Å². The minimum Gasteiger partial charge on any atom is -0.491 e. The van der Waals surface area contributed by atoms with Crippen LogP contribution in [0, 0.1) is 0 Å². The van der Waals surface area contributed by atoms with Gasteiger partial charge in [0.05, 0.1) is 11.2 Å². The largest absolute Gasteiger partial charge is 0.491 e. The summed E-state index contributed by atoms with van der Waals surface area (Å²) in [6.45, 7) is 4.11. The number of anilines is 1. The third-order valence-corrected chi connectivity index (χ3v) is 3.63. The summed E-state index contributed by atoms with van der Waals surface area (Å²) in [4.78, 5) is 6.75. The molecule has 1 aromatic heterocycles. The zero-order chi connectivity index (χ0) is 13.1. The van der Waals surface area contributed by atoms with E-state index < -0.39 is 0 Å². The van der Waals surface area contributed by atoms with E-state index in [1.807, 2.05) is 24.3 Å². The van der Waals surface area contributed by atoms with Crippen molar-refractivity contribution in [1.82, 2.24) is 9.88 Å². The van der Waals surface area contributed by atoms with Crippen LogP contribution in [-0.4, -0.2) is 36.1 Å². The summed E-state index contributed by atoms with van der Waals surface area (Å²) in [6.07, 6.45) is 4.38. The van der Waals surface area contributed by atoms with Crippen LogP contribution in [0.15, 0.2) is 30.5 Å². The molecule has 0 atom stereocenters. The monoisotopic (exact) mass is 257 g/mol. The molecule has 1 aliphatic heterocycles. The maximum Gasteiger partial charge on any atom is 0.130 e. The van der Waals surface area contributed by atoms with Gasteiger partial charge in [0, 0.05) is 18.1 Å². The van der Waals surface area contributed by atoms with Gasteiger partial charge in [-0.2, -0.15) is 0 Å². The minimum atomic E-state index is 0.697. The average molecular weight is 257 g/mol. The molecule has 0 bridgehead atoms. The van der Waals surface area contributed by atoms with Crippen molar-refractivity contribution < 1.29 is 4.74 Å². The van der Waals surface area contributed by atoms with E-state index in [1.165, 1.54) is 25.9 Å². The topological polar surface area (TPSA) is 51.4 Å². The quantitative estimate of drug-likeness (QED) is 0.854. The molecule has 1 saturated heterocycles. The number of pyridine rings is 1. The summed E-state index contributed by atoms with van der Waals surface area (Å²) in [5.41, 5.74) is 7.44. The van der Waals surface area contributed by atoms with Crippen LogP contribution in [0.2, 0.25) is 0 Å². The second kappa shape index (κ2) is 5.45. The Hall–Kier alpha value is -1.81. The lowest BCUT2D eigenvalue weighted by Crippen LogP contribution is -2.25. The van der Waals surface area contributed by atoms with Gasteiger partial charge in [0.2, 0.25) is 0 Å². The Labute approximate surface area is 113 Å². The van der Waals surface area contributed by atoms with E-state index in [0.717, 1.165) is 23.2 Å². The molecule has 2 heterocycles. The van der Waals surface area contributed by atoms with Gasteiger partial charge in [0.25, 0.3) is 0 Å². The highest BCUT2D eigenvalue weighted by Gasteiger charge is 2.11. The standard InChI is InChI=1S/C15H19N3O/c16-13-5-3-4-12-14(6-7-17-15(12)13)19-11-10-18-8-1-2-9-18/h3-7H,1-2,8-11,16H2. The number of rotatable bonds is 4. The predicted octanol–water partition coefficient (Wildman–Crippen LogP) is 2.29. The van der Waals surface area contributed by atoms with E-state index in [9.17, 15) is 0 Å². The third-order valence-electron chi connectivity index (χ3n) is 3.63. The lowest BCUT2D eigenvalue weighted by molar-refractivity contribution is 0.239. The van der Waals surface area contributed by atoms with Crippen molar-refractivity contribution in [2.75, 3.05) is 32.0 Å². The molecular weight excluding hydrogens is 238 g/mol. The molecule has 4 nitrogen and oxygen atoms in total. The second-order valence-electron chi connectivity index (χ2n) is 4.95. The first-order chi connectivity index (χ1) is 9.34. The highest BCUT2D eigenvalue weighted by atomic mass is 16.5. The van der Waals surface area contributed by atoms with E-state index in [1.54, 1.807) is 6.20 Å². The summed E-state index contributed by atoms with van der Waals surface area (Å²) in [6, 6.07) is 7.71. The maximum atomic E-state index is 5.93. The number of nitrogen functional groups attached to an aromatic ring is 1. The fourth-order valence-electron chi connectivity index (χ4n) is 2.59. The van der Waals surface area contributed by atoms with Gasteiger partial charge in [-0.25, -0.2) is 0 Å². The Morgan fingerprint density at radius 2 is 2.05 bits per heavy atom. The number of para-hydroxylation sites is 1. The number of benzene rings is 1. The first-order valence-electron chi connectivity index (χ1n) is 6.83. The maximum absolute atomic E-state index is 5.93. The number of nitrogens with two attached hydrogens (primary N) is 1. The fourth-order valence-corrected chi connectivity index (χ4v) is 2.59. The molecule has 0 saturated carbocycles. The van der Waals surface area contributed by atoms with Crippen LogP contribution >= 0.6 is 0 Å². The van der Waals surface area contributed by atoms with Crippen molar-refractivity contribution in [3.63, 3.8) is 0 Å². The lowest BCUT2D eigenvalue weighted by atomic mass is 10.2. The highest BCUT2D eigenvalue weighted by molar-refractivity contribution is 5.93. The van der Waals surface area contributed by atoms with Gasteiger partial charge < -0.3 is 10.5 Å². The zero-order valence-electron chi connectivity index (χ0n) is 11.0. The molecule has 0 unspecified atom stereocenters. The van der Waals surface area contributed by atoms with Crippen LogP contribution in [0.25, 0.3) is 10.9 Å². The zero-order valence-corrected chi connectivity index (χ0v) is 11.0. The molecular formula is C15H19N3O. The Morgan fingerprint density at radius 1 is 1.21 bits per heavy atom. The lowest BCUT2D eigenvalue weighted by Gasteiger charge is -2.15. The summed E-state index contributed by atoms with van der Waals surface area (Å²) in [5.74, 6) is 0.872. The van der Waals surface area contributed by atoms with Crippen LogP contribution in [0.1, 0.15) is 12.8 Å². The number of likely N-dealkylation sites (tertiary alicyclic amines) is 1. The molecule has 3 rings (SSSR count). The first-order valence-corrected chi connectivity index (χ1v) is 6.83. The Morgan fingerprint density at radius 3 is 2.89 bits per heavy atom. The second-order valence-corrected chi connectivity index (χ2v) is 4.95. The molecule has 0 amide bonds. The number of ether oxygens (including phenoxy) is 1. The fraction of sp³-hybridized carbons (Fsp3) is 0.400. The molecule has 4 heteroatoms. The molecule has 1 aromatic carbocycles. The predicted molar refractivity (Wildman–Crippen MR) is 77.3 cm³/mol. The van der Waals surface area contributed by atoms with E-state index >= 15 is 0 Å². The van der Waals surface area contributed by atoms with Gasteiger partial charge in [-0.15, -0.1) is 0 Å². The Balaban J connectivity index is 1.72. The molecule has 19 heavy (non-hydrogen) atoms. The van der Waals surface area contributed by atoms with Crippen molar-refractivity contribution in [1.29, 1.82) is 0 Å². The number of hydrogen-bond acceptors (Lipinski definition) is 4. The molecule has 100 valence electrons. The van der Waals surface area contributed by atoms with Crippen molar-refractivity contribution in [3.05, 3.63) is 30.5 Å². The van der Waals surface area contributed by atoms with E-state index in [4.69, 9.17) is 10.5 Å². The van der Waals surface area contributed by atoms with Crippen LogP contribution in [0.5, 0.6) is 5.75 Å². The summed E-state index contributed by atoms with van der Waals surface area (Å²) >= 11 is 0. The molecule has 0 spiro atoms. The Kier molecular flexibility index (Phi) is 3.51. The summed E-state index contributed by atoms with van der Waals surface area (Å²) in [5, 5.41) is 0.990. The normalized spacial score (nSPS) is 16.0. The number of hydrogen-bond donors (Lipinski definition) is 1. The van der Waals surface area contributed by atoms with Crippen LogP contribution in [-0.2, 0) is 0 Å². The molecule has 1 fully saturated rings. The summed E-state index contributed by atoms with van der Waals surface area (Å²) in [7, 11) is 0. The van der Waals surface area contributed by atoms with Gasteiger partial charge in [0.1, 0.15) is 12.4 Å². The molecule has 0 aliphatic carbocycles. The van der Waals surface area contributed by atoms with Gasteiger partial charge in [-0.1, -0.05) is 6.07 Å². The SMILES string of the molecule is Nc1cccc2c(OCCN3CCCC3)ccnc12. The smallest absolute Gasteiger partial charge is 0.130 e. The molecule has 2 N–H and O–H groups in total. The van der Waals surface area contributed by atoms with E-state index in [-0.39, 0.29) is 0 Å². The van der Waals surface area contributed by atoms with Crippen LogP contribution < -0.4 is 10.5 Å². The summed E-state index contributed by atoms with van der Waals surface area (Å²) < 4.78 is 5.90. The highest BCUT2D eigenvalue weighted by Crippen LogP contribution is 2.27. The Bertz CT molecular complexity index is 564. The van der Waals surface area contributed by atoms with E-state index in [0.29, 0.717) is 12.3 Å². The minimum absolute atomic E-state index is 0.697. The molecule has 0 radical (unpaired) electrons. The number of nitrogens with zero attached hydrogens (tertiary/aromatic N) is 2. The average Bonchev–Trinajstić information content (AvgIpc) is 2.93. The van der Waals surface area contributed by atoms with Gasteiger partial charge >= 0.3 is 0 Å². The van der Waals surface area contributed by atoms with Gasteiger partial charge in [-0.3, -0.25) is 9.88 Å². The van der Waals surface area contributed by atoms with Crippen molar-refractivity contribution in [2.24, 2.45) is 0 Å². The third kappa shape index (κ3) is 2.63. The van der Waals surface area contributed by atoms with Gasteiger partial charge in [-0.05, 0) is 44.1 Å².